The number of hydrogen-bond donors (Lipinski definition) is 0. The summed E-state index contributed by atoms with van der Waals surface area (Å²) in [5, 5.41) is 15.5. The van der Waals surface area contributed by atoms with Crippen LogP contribution < -0.4 is 10.7 Å². The standard InChI is InChI=1S/C12H12N2O3/c1-7(2)14-11(15)9-6-4-3-5-8(9)10(13-14)12(16)17/h3-7H,1-2H3,(H,16,17)/p-1. The van der Waals surface area contributed by atoms with Crippen LogP contribution in [0.2, 0.25) is 0 Å². The number of carboxylic acid groups (broad SMARTS) is 1. The molecule has 1 aromatic heterocycles. The molecule has 1 heterocycles. The second-order valence-corrected chi connectivity index (χ2v) is 4.03. The van der Waals surface area contributed by atoms with Gasteiger partial charge in [0, 0.05) is 5.39 Å². The largest absolute Gasteiger partial charge is 0.543 e. The summed E-state index contributed by atoms with van der Waals surface area (Å²) in [5.74, 6) is -1.38. The van der Waals surface area contributed by atoms with E-state index in [0.29, 0.717) is 10.8 Å². The van der Waals surface area contributed by atoms with Gasteiger partial charge in [0.1, 0.15) is 5.69 Å². The third-order valence-electron chi connectivity index (χ3n) is 2.51. The number of benzene rings is 1. The van der Waals surface area contributed by atoms with E-state index in [2.05, 4.69) is 5.10 Å². The maximum Gasteiger partial charge on any atom is 0.274 e. The topological polar surface area (TPSA) is 75.0 Å². The van der Waals surface area contributed by atoms with Crippen LogP contribution >= 0.6 is 0 Å². The lowest BCUT2D eigenvalue weighted by atomic mass is 10.1. The van der Waals surface area contributed by atoms with Crippen molar-refractivity contribution in [2.24, 2.45) is 0 Å². The van der Waals surface area contributed by atoms with Gasteiger partial charge in [-0.25, -0.2) is 4.68 Å². The lowest BCUT2D eigenvalue weighted by Crippen LogP contribution is -2.31. The van der Waals surface area contributed by atoms with E-state index in [0.717, 1.165) is 4.68 Å². The van der Waals surface area contributed by atoms with Crippen LogP contribution in [0.1, 0.15) is 30.4 Å². The number of nitrogens with zero attached hydrogens (tertiary/aromatic N) is 2. The molecule has 0 fully saturated rings. The Balaban J connectivity index is 2.95. The molecule has 2 aromatic rings. The van der Waals surface area contributed by atoms with E-state index in [4.69, 9.17) is 0 Å². The number of aromatic nitrogens is 2. The van der Waals surface area contributed by atoms with Crippen LogP contribution in [0.15, 0.2) is 29.1 Å². The van der Waals surface area contributed by atoms with E-state index in [-0.39, 0.29) is 17.3 Å². The van der Waals surface area contributed by atoms with E-state index >= 15 is 0 Å². The van der Waals surface area contributed by atoms with Crippen LogP contribution in [0.5, 0.6) is 0 Å². The average molecular weight is 231 g/mol. The third kappa shape index (κ3) is 1.80. The van der Waals surface area contributed by atoms with Gasteiger partial charge in [-0.15, -0.1) is 0 Å². The number of fused-ring (bicyclic) bond motifs is 1. The SMILES string of the molecule is CC(C)n1nc(C(=O)[O-])c2ccccc2c1=O. The van der Waals surface area contributed by atoms with E-state index in [1.807, 2.05) is 0 Å². The second-order valence-electron chi connectivity index (χ2n) is 4.03. The lowest BCUT2D eigenvalue weighted by Gasteiger charge is -2.13. The Morgan fingerprint density at radius 3 is 2.41 bits per heavy atom. The van der Waals surface area contributed by atoms with Crippen molar-refractivity contribution in [3.8, 4) is 0 Å². The summed E-state index contributed by atoms with van der Waals surface area (Å²) in [7, 11) is 0. The number of hydrogen-bond acceptors (Lipinski definition) is 4. The van der Waals surface area contributed by atoms with Gasteiger partial charge in [-0.2, -0.15) is 5.10 Å². The Morgan fingerprint density at radius 1 is 1.29 bits per heavy atom. The number of carbonyl (C=O) groups is 1. The summed E-state index contributed by atoms with van der Waals surface area (Å²) in [6.45, 7) is 3.53. The molecule has 0 radical (unpaired) electrons. The number of carbonyl (C=O) groups excluding carboxylic acids is 1. The van der Waals surface area contributed by atoms with Gasteiger partial charge in [0.2, 0.25) is 0 Å². The molecule has 0 aliphatic rings. The summed E-state index contributed by atoms with van der Waals surface area (Å²) < 4.78 is 1.16. The minimum absolute atomic E-state index is 0.200. The molecule has 0 spiro atoms. The fourth-order valence-electron chi connectivity index (χ4n) is 1.71. The van der Waals surface area contributed by atoms with Crippen molar-refractivity contribution in [3.05, 3.63) is 40.3 Å². The van der Waals surface area contributed by atoms with E-state index < -0.39 is 5.97 Å². The molecule has 5 heteroatoms. The van der Waals surface area contributed by atoms with Gasteiger partial charge in [-0.05, 0) is 19.9 Å². The van der Waals surface area contributed by atoms with E-state index in [1.165, 1.54) is 0 Å². The highest BCUT2D eigenvalue weighted by Crippen LogP contribution is 2.13. The highest BCUT2D eigenvalue weighted by molar-refractivity contribution is 6.00. The first-order valence-electron chi connectivity index (χ1n) is 5.25. The zero-order valence-corrected chi connectivity index (χ0v) is 9.51. The quantitative estimate of drug-likeness (QED) is 0.747. The monoisotopic (exact) mass is 231 g/mol. The summed E-state index contributed by atoms with van der Waals surface area (Å²) in [6.07, 6.45) is 0. The summed E-state index contributed by atoms with van der Waals surface area (Å²) in [4.78, 5) is 23.0. The molecule has 0 unspecified atom stereocenters. The molecule has 5 nitrogen and oxygen atoms in total. The zero-order chi connectivity index (χ0) is 12.6. The number of carboxylic acids is 1. The molecule has 0 bridgehead atoms. The Kier molecular flexibility index (Phi) is 2.67. The van der Waals surface area contributed by atoms with Gasteiger partial charge in [0.05, 0.1) is 17.4 Å². The smallest absolute Gasteiger partial charge is 0.274 e. The van der Waals surface area contributed by atoms with Gasteiger partial charge in [0.25, 0.3) is 5.56 Å². The molecule has 0 amide bonds. The highest BCUT2D eigenvalue weighted by Gasteiger charge is 2.12. The molecule has 88 valence electrons. The van der Waals surface area contributed by atoms with Gasteiger partial charge >= 0.3 is 0 Å². The number of aromatic carboxylic acids is 1. The summed E-state index contributed by atoms with van der Waals surface area (Å²) in [5.41, 5.74) is -0.491. The Labute approximate surface area is 97.3 Å². The van der Waals surface area contributed by atoms with Crippen LogP contribution in [0.3, 0.4) is 0 Å². The van der Waals surface area contributed by atoms with Crippen LogP contribution in [-0.4, -0.2) is 15.7 Å². The van der Waals surface area contributed by atoms with Crippen LogP contribution in [0.25, 0.3) is 10.8 Å². The summed E-state index contributed by atoms with van der Waals surface area (Å²) in [6, 6.07) is 6.29. The van der Waals surface area contributed by atoms with Crippen molar-refractivity contribution >= 4 is 16.7 Å². The zero-order valence-electron chi connectivity index (χ0n) is 9.51. The number of rotatable bonds is 2. The maximum absolute atomic E-state index is 12.0. The molecule has 0 aliphatic carbocycles. The van der Waals surface area contributed by atoms with Gasteiger partial charge in [0.15, 0.2) is 0 Å². The Hall–Kier alpha value is -2.17. The molecular formula is C12H11N2O3-. The average Bonchev–Trinajstić information content (AvgIpc) is 2.29. The third-order valence-corrected chi connectivity index (χ3v) is 2.51. The predicted octanol–water partition coefficient (Wildman–Crippen LogP) is 0.341. The molecular weight excluding hydrogens is 220 g/mol. The summed E-state index contributed by atoms with van der Waals surface area (Å²) >= 11 is 0. The van der Waals surface area contributed by atoms with Crippen molar-refractivity contribution in [1.29, 1.82) is 0 Å². The highest BCUT2D eigenvalue weighted by atomic mass is 16.4. The van der Waals surface area contributed by atoms with Crippen molar-refractivity contribution in [2.75, 3.05) is 0 Å². The molecule has 0 aliphatic heterocycles. The molecule has 0 atom stereocenters. The molecule has 0 saturated carbocycles. The van der Waals surface area contributed by atoms with E-state index in [9.17, 15) is 14.7 Å². The Bertz CT molecular complexity index is 644. The van der Waals surface area contributed by atoms with Crippen LogP contribution in [0.4, 0.5) is 0 Å². The Morgan fingerprint density at radius 2 is 1.88 bits per heavy atom. The normalized spacial score (nSPS) is 11.0. The minimum Gasteiger partial charge on any atom is -0.543 e. The van der Waals surface area contributed by atoms with Crippen LogP contribution in [0, 0.1) is 0 Å². The van der Waals surface area contributed by atoms with E-state index in [1.54, 1.807) is 38.1 Å². The van der Waals surface area contributed by atoms with Gasteiger partial charge in [-0.3, -0.25) is 4.79 Å². The minimum atomic E-state index is -1.38. The van der Waals surface area contributed by atoms with Crippen molar-refractivity contribution in [3.63, 3.8) is 0 Å². The fourth-order valence-corrected chi connectivity index (χ4v) is 1.71. The van der Waals surface area contributed by atoms with Gasteiger partial charge in [-0.1, -0.05) is 18.2 Å². The van der Waals surface area contributed by atoms with Crippen molar-refractivity contribution in [1.82, 2.24) is 9.78 Å². The first kappa shape index (κ1) is 11.3. The maximum atomic E-state index is 12.0. The molecule has 17 heavy (non-hydrogen) atoms. The lowest BCUT2D eigenvalue weighted by molar-refractivity contribution is -0.255. The van der Waals surface area contributed by atoms with Crippen molar-refractivity contribution in [2.45, 2.75) is 19.9 Å². The predicted molar refractivity (Wildman–Crippen MR) is 60.7 cm³/mol. The molecule has 0 saturated heterocycles. The fraction of sp³-hybridized carbons (Fsp3) is 0.250. The first-order valence-corrected chi connectivity index (χ1v) is 5.25. The molecule has 1 aromatic carbocycles. The van der Waals surface area contributed by atoms with Crippen LogP contribution in [-0.2, 0) is 0 Å². The van der Waals surface area contributed by atoms with Gasteiger partial charge < -0.3 is 9.90 Å². The molecule has 2 rings (SSSR count). The second kappa shape index (κ2) is 4.01. The first-order chi connectivity index (χ1) is 8.02. The molecule has 0 N–H and O–H groups in total. The van der Waals surface area contributed by atoms with Crippen molar-refractivity contribution < 1.29 is 9.90 Å².